The molecule has 0 radical (unpaired) electrons. The Balaban J connectivity index is 1.48. The molecule has 198 valence electrons. The van der Waals surface area contributed by atoms with Crippen LogP contribution in [-0.2, 0) is 11.3 Å². The Morgan fingerprint density at radius 2 is 1.71 bits per heavy atom. The molecule has 38 heavy (non-hydrogen) atoms. The molecule has 1 fully saturated rings. The van der Waals surface area contributed by atoms with Crippen LogP contribution in [0.1, 0.15) is 49.5 Å². The van der Waals surface area contributed by atoms with E-state index in [2.05, 4.69) is 5.16 Å². The number of benzene rings is 2. The number of amides is 1. The average Bonchev–Trinajstić information content (AvgIpc) is 3.54. The van der Waals surface area contributed by atoms with Crippen molar-refractivity contribution < 1.29 is 18.2 Å². The molecule has 2 aromatic carbocycles. The summed E-state index contributed by atoms with van der Waals surface area (Å²) in [5, 5.41) is 5.00. The number of carbonyl (C=O) groups is 1. The Morgan fingerprint density at radius 3 is 2.42 bits per heavy atom. The summed E-state index contributed by atoms with van der Waals surface area (Å²) in [6, 6.07) is 13.9. The maximum Gasteiger partial charge on any atom is 0.519 e. The zero-order chi connectivity index (χ0) is 26.8. The van der Waals surface area contributed by atoms with Gasteiger partial charge in [0.15, 0.2) is 22.1 Å². The molecule has 4 aromatic rings. The Bertz CT molecular complexity index is 1480. The summed E-state index contributed by atoms with van der Waals surface area (Å²) in [6.45, 7) is -0.0767. The molecule has 1 aliphatic rings. The van der Waals surface area contributed by atoms with E-state index in [4.69, 9.17) is 59.8 Å². The van der Waals surface area contributed by atoms with Crippen LogP contribution >= 0.6 is 46.4 Å². The van der Waals surface area contributed by atoms with Crippen molar-refractivity contribution in [2.24, 2.45) is 0 Å². The lowest BCUT2D eigenvalue weighted by Gasteiger charge is -2.24. The number of rotatable bonds is 7. The SMILES string of the molecule is O=C(C(Cl)Cl)N(Cc1oc(=O)oc1C1CCCCC1)c1cccc(-c2cc(-c3c(Cl)cccc3Cl)no2)c1. The van der Waals surface area contributed by atoms with E-state index in [-0.39, 0.29) is 18.2 Å². The predicted molar refractivity (Wildman–Crippen MR) is 147 cm³/mol. The molecule has 0 aliphatic heterocycles. The molecule has 11 heteroatoms. The van der Waals surface area contributed by atoms with Crippen molar-refractivity contribution in [3.05, 3.63) is 80.7 Å². The summed E-state index contributed by atoms with van der Waals surface area (Å²) in [4.78, 5) is 25.2. The highest BCUT2D eigenvalue weighted by Gasteiger charge is 2.30. The second-order valence-electron chi connectivity index (χ2n) is 9.02. The number of halogens is 4. The molecule has 0 N–H and O–H groups in total. The van der Waals surface area contributed by atoms with Crippen molar-refractivity contribution in [2.75, 3.05) is 4.90 Å². The number of nitrogens with zero attached hydrogens (tertiary/aromatic N) is 2. The molecule has 0 unspecified atom stereocenters. The van der Waals surface area contributed by atoms with Gasteiger partial charge in [0.2, 0.25) is 0 Å². The standard InChI is InChI=1S/C27H22Cl4N2O5/c28-18-10-5-11-19(29)23(18)20-13-21(38-32-20)16-8-4-9-17(12-16)33(26(34)25(30)31)14-22-24(37-27(35)36-22)15-6-2-1-3-7-15/h4-5,8-13,15,25H,1-3,6-7,14H2. The number of carbonyl (C=O) groups excluding carboxylic acids is 1. The van der Waals surface area contributed by atoms with Crippen LogP contribution in [0.2, 0.25) is 10.0 Å². The molecular weight excluding hydrogens is 574 g/mol. The monoisotopic (exact) mass is 594 g/mol. The summed E-state index contributed by atoms with van der Waals surface area (Å²) < 4.78 is 16.4. The van der Waals surface area contributed by atoms with E-state index in [1.165, 1.54) is 4.90 Å². The summed E-state index contributed by atoms with van der Waals surface area (Å²) in [5.74, 6) is -0.143. The van der Waals surface area contributed by atoms with Crippen molar-refractivity contribution in [3.63, 3.8) is 0 Å². The van der Waals surface area contributed by atoms with Crippen LogP contribution in [0, 0.1) is 0 Å². The first-order valence-electron chi connectivity index (χ1n) is 12.1. The minimum absolute atomic E-state index is 0.0561. The molecule has 0 atom stereocenters. The zero-order valence-electron chi connectivity index (χ0n) is 20.0. The van der Waals surface area contributed by atoms with Crippen molar-refractivity contribution in [1.82, 2.24) is 5.16 Å². The van der Waals surface area contributed by atoms with Crippen LogP contribution < -0.4 is 10.7 Å². The van der Waals surface area contributed by atoms with Crippen LogP contribution in [0.3, 0.4) is 0 Å². The third-order valence-electron chi connectivity index (χ3n) is 6.58. The summed E-state index contributed by atoms with van der Waals surface area (Å²) in [7, 11) is 0. The van der Waals surface area contributed by atoms with Crippen LogP contribution in [0.15, 0.2) is 66.7 Å². The van der Waals surface area contributed by atoms with Gasteiger partial charge in [-0.25, -0.2) is 4.79 Å². The topological polar surface area (TPSA) is 89.7 Å². The van der Waals surface area contributed by atoms with Crippen molar-refractivity contribution in [1.29, 1.82) is 0 Å². The van der Waals surface area contributed by atoms with Crippen LogP contribution in [-0.4, -0.2) is 15.9 Å². The third-order valence-corrected chi connectivity index (χ3v) is 7.58. The first-order chi connectivity index (χ1) is 18.3. The Kier molecular flexibility index (Phi) is 8.19. The number of anilines is 1. The van der Waals surface area contributed by atoms with Crippen molar-refractivity contribution >= 4 is 58.0 Å². The van der Waals surface area contributed by atoms with Gasteiger partial charge in [0.1, 0.15) is 5.69 Å². The molecule has 1 saturated carbocycles. The summed E-state index contributed by atoms with van der Waals surface area (Å²) >= 11 is 24.6. The van der Waals surface area contributed by atoms with E-state index in [0.29, 0.717) is 44.1 Å². The molecule has 7 nitrogen and oxygen atoms in total. The first kappa shape index (κ1) is 26.9. The molecule has 2 heterocycles. The quantitative estimate of drug-likeness (QED) is 0.200. The summed E-state index contributed by atoms with van der Waals surface area (Å²) in [6.07, 6.45) is 4.98. The molecule has 0 spiro atoms. The largest absolute Gasteiger partial charge is 0.519 e. The predicted octanol–water partition coefficient (Wildman–Crippen LogP) is 8.25. The van der Waals surface area contributed by atoms with Gasteiger partial charge in [0.05, 0.1) is 16.6 Å². The van der Waals surface area contributed by atoms with Gasteiger partial charge in [-0.05, 0) is 37.1 Å². The second kappa shape index (κ2) is 11.6. The lowest BCUT2D eigenvalue weighted by Crippen LogP contribution is -2.34. The van der Waals surface area contributed by atoms with Gasteiger partial charge in [-0.3, -0.25) is 4.79 Å². The van der Waals surface area contributed by atoms with Gasteiger partial charge >= 0.3 is 5.82 Å². The highest BCUT2D eigenvalue weighted by atomic mass is 35.5. The maximum atomic E-state index is 13.1. The van der Waals surface area contributed by atoms with E-state index >= 15 is 0 Å². The Morgan fingerprint density at radius 1 is 1.00 bits per heavy atom. The van der Waals surface area contributed by atoms with Crippen molar-refractivity contribution in [2.45, 2.75) is 49.4 Å². The fourth-order valence-electron chi connectivity index (χ4n) is 4.76. The molecule has 0 bridgehead atoms. The number of hydrogen-bond acceptors (Lipinski definition) is 6. The lowest BCUT2D eigenvalue weighted by molar-refractivity contribution is -0.117. The van der Waals surface area contributed by atoms with Gasteiger partial charge in [-0.1, -0.05) is 89.0 Å². The highest BCUT2D eigenvalue weighted by molar-refractivity contribution is 6.54. The molecule has 1 aliphatic carbocycles. The van der Waals surface area contributed by atoms with Gasteiger partial charge in [0.25, 0.3) is 5.91 Å². The van der Waals surface area contributed by atoms with Gasteiger partial charge in [-0.2, -0.15) is 0 Å². The van der Waals surface area contributed by atoms with E-state index in [1.54, 1.807) is 48.5 Å². The van der Waals surface area contributed by atoms with Crippen LogP contribution in [0.25, 0.3) is 22.6 Å². The van der Waals surface area contributed by atoms with Crippen LogP contribution in [0.5, 0.6) is 0 Å². The maximum absolute atomic E-state index is 13.1. The van der Waals surface area contributed by atoms with Gasteiger partial charge < -0.3 is 18.3 Å². The smallest absolute Gasteiger partial charge is 0.395 e. The number of alkyl halides is 2. The van der Waals surface area contributed by atoms with Crippen molar-refractivity contribution in [3.8, 4) is 22.6 Å². The highest BCUT2D eigenvalue weighted by Crippen LogP contribution is 2.38. The molecular formula is C27H22Cl4N2O5. The molecule has 1 amide bonds. The number of aromatic nitrogens is 1. The third kappa shape index (κ3) is 5.66. The van der Waals surface area contributed by atoms with E-state index in [1.807, 2.05) is 0 Å². The average molecular weight is 596 g/mol. The van der Waals surface area contributed by atoms with E-state index in [9.17, 15) is 9.59 Å². The Labute approximate surface area is 238 Å². The second-order valence-corrected chi connectivity index (χ2v) is 10.9. The minimum atomic E-state index is -1.34. The molecule has 5 rings (SSSR count). The van der Waals surface area contributed by atoms with Crippen LogP contribution in [0.4, 0.5) is 5.69 Å². The Hall–Kier alpha value is -2.71. The van der Waals surface area contributed by atoms with E-state index < -0.39 is 16.6 Å². The molecule has 2 aromatic heterocycles. The fraction of sp³-hybridized carbons (Fsp3) is 0.296. The van der Waals surface area contributed by atoms with Gasteiger partial charge in [0, 0.05) is 28.8 Å². The lowest BCUT2D eigenvalue weighted by atomic mass is 9.87. The number of hydrogen-bond donors (Lipinski definition) is 0. The molecule has 0 saturated heterocycles. The van der Waals surface area contributed by atoms with Gasteiger partial charge in [-0.15, -0.1) is 0 Å². The summed E-state index contributed by atoms with van der Waals surface area (Å²) in [5.41, 5.74) is 2.11. The van der Waals surface area contributed by atoms with E-state index in [0.717, 1.165) is 32.1 Å². The minimum Gasteiger partial charge on any atom is -0.395 e. The zero-order valence-corrected chi connectivity index (χ0v) is 23.0. The first-order valence-corrected chi connectivity index (χ1v) is 13.7. The normalized spacial score (nSPS) is 14.2. The fourth-order valence-corrected chi connectivity index (χ4v) is 5.59.